The normalized spacial score (nSPS) is 21.4. The van der Waals surface area contributed by atoms with E-state index in [1.165, 1.54) is 11.8 Å². The molecule has 0 saturated carbocycles. The molecule has 1 unspecified atom stereocenters. The lowest BCUT2D eigenvalue weighted by molar-refractivity contribution is -0.122. The van der Waals surface area contributed by atoms with Crippen LogP contribution >= 0.6 is 24.0 Å². The summed E-state index contributed by atoms with van der Waals surface area (Å²) in [6.45, 7) is 0.343. The summed E-state index contributed by atoms with van der Waals surface area (Å²) in [5.74, 6) is 1.39. The molecule has 1 aromatic carbocycles. The van der Waals surface area contributed by atoms with Crippen LogP contribution in [0.4, 0.5) is 0 Å². The van der Waals surface area contributed by atoms with Crippen molar-refractivity contribution >= 4 is 53.3 Å². The van der Waals surface area contributed by atoms with Crippen LogP contribution in [0, 0.1) is 0 Å². The molecule has 2 radical (unpaired) electrons. The van der Waals surface area contributed by atoms with E-state index in [1.807, 2.05) is 42.5 Å². The molecular formula is C19H14BNO3S2. The van der Waals surface area contributed by atoms with E-state index in [1.54, 1.807) is 17.2 Å². The summed E-state index contributed by atoms with van der Waals surface area (Å²) in [5, 5.41) is 0. The zero-order valence-electron chi connectivity index (χ0n) is 13.8. The number of nitrogens with zero attached hydrogens (tertiary/aromatic N) is 1. The van der Waals surface area contributed by atoms with Crippen LogP contribution in [0.15, 0.2) is 64.1 Å². The summed E-state index contributed by atoms with van der Waals surface area (Å²) in [6.07, 6.45) is 5.99. The standard InChI is InChI=1S/C19H14BNO3S2/c20-13-5-3-12(4-6-13)16-8-7-14(24-16)10-17-18(22)21(19(25)26-17)11-15-2-1-9-23-15/h1-6,8-10,14H,7,11H2/b17-10+. The molecule has 2 aliphatic rings. The van der Waals surface area contributed by atoms with Crippen LogP contribution in [0.1, 0.15) is 17.7 Å². The second-order valence-corrected chi connectivity index (χ2v) is 7.63. The van der Waals surface area contributed by atoms with E-state index in [4.69, 9.17) is 29.2 Å². The SMILES string of the molecule is [B]c1ccc(C2=CCC(/C=C3/SC(=S)N(Cc4ccco4)C3=O)O2)cc1. The van der Waals surface area contributed by atoms with Gasteiger partial charge in [-0.05, 0) is 24.3 Å². The van der Waals surface area contributed by atoms with Gasteiger partial charge in [-0.1, -0.05) is 53.7 Å². The molecule has 1 aromatic heterocycles. The van der Waals surface area contributed by atoms with Gasteiger partial charge in [-0.25, -0.2) is 0 Å². The highest BCUT2D eigenvalue weighted by molar-refractivity contribution is 8.26. The third-order valence-electron chi connectivity index (χ3n) is 4.11. The van der Waals surface area contributed by atoms with Crippen LogP contribution in [-0.4, -0.2) is 29.1 Å². The van der Waals surface area contributed by atoms with E-state index < -0.39 is 0 Å². The molecule has 0 aliphatic carbocycles. The lowest BCUT2D eigenvalue weighted by Crippen LogP contribution is -2.27. The van der Waals surface area contributed by atoms with Gasteiger partial charge in [0.15, 0.2) is 0 Å². The number of rotatable bonds is 4. The Hall–Kier alpha value is -2.25. The smallest absolute Gasteiger partial charge is 0.266 e. The van der Waals surface area contributed by atoms with Crippen molar-refractivity contribution in [2.75, 3.05) is 0 Å². The van der Waals surface area contributed by atoms with Gasteiger partial charge < -0.3 is 9.15 Å². The Morgan fingerprint density at radius 3 is 2.85 bits per heavy atom. The second-order valence-electron chi connectivity index (χ2n) is 5.95. The van der Waals surface area contributed by atoms with Gasteiger partial charge in [-0.3, -0.25) is 9.69 Å². The quantitative estimate of drug-likeness (QED) is 0.464. The number of carbonyl (C=O) groups excluding carboxylic acids is 1. The lowest BCUT2D eigenvalue weighted by atomic mass is 9.95. The number of benzene rings is 1. The third-order valence-corrected chi connectivity index (χ3v) is 5.51. The Kier molecular flexibility index (Phi) is 4.74. The molecule has 0 bridgehead atoms. The third kappa shape index (κ3) is 3.50. The number of amides is 1. The number of ether oxygens (including phenoxy) is 1. The van der Waals surface area contributed by atoms with Crippen LogP contribution < -0.4 is 5.46 Å². The number of hydrogen-bond donors (Lipinski definition) is 0. The predicted molar refractivity (Wildman–Crippen MR) is 107 cm³/mol. The van der Waals surface area contributed by atoms with E-state index in [9.17, 15) is 4.79 Å². The maximum Gasteiger partial charge on any atom is 0.266 e. The Morgan fingerprint density at radius 1 is 1.31 bits per heavy atom. The monoisotopic (exact) mass is 379 g/mol. The first-order valence-electron chi connectivity index (χ1n) is 8.11. The summed E-state index contributed by atoms with van der Waals surface area (Å²) in [7, 11) is 5.72. The van der Waals surface area contributed by atoms with Gasteiger partial charge in [0.05, 0.1) is 17.7 Å². The Balaban J connectivity index is 1.43. The molecule has 1 amide bonds. The average molecular weight is 379 g/mol. The van der Waals surface area contributed by atoms with Gasteiger partial charge in [0, 0.05) is 12.0 Å². The number of carbonyl (C=O) groups is 1. The molecule has 1 fully saturated rings. The minimum absolute atomic E-state index is 0.110. The zero-order valence-corrected chi connectivity index (χ0v) is 15.4. The molecule has 3 heterocycles. The van der Waals surface area contributed by atoms with Crippen molar-refractivity contribution in [3.05, 3.63) is 71.0 Å². The number of furan rings is 1. The predicted octanol–water partition coefficient (Wildman–Crippen LogP) is 3.15. The van der Waals surface area contributed by atoms with Crippen molar-refractivity contribution in [1.82, 2.24) is 4.90 Å². The van der Waals surface area contributed by atoms with Crippen molar-refractivity contribution in [3.63, 3.8) is 0 Å². The van der Waals surface area contributed by atoms with Crippen LogP contribution in [0.3, 0.4) is 0 Å². The molecule has 4 rings (SSSR count). The van der Waals surface area contributed by atoms with E-state index >= 15 is 0 Å². The van der Waals surface area contributed by atoms with E-state index in [-0.39, 0.29) is 12.0 Å². The van der Waals surface area contributed by atoms with Gasteiger partial charge in [0.25, 0.3) is 5.91 Å². The summed E-state index contributed by atoms with van der Waals surface area (Å²) in [4.78, 5) is 14.8. The topological polar surface area (TPSA) is 42.7 Å². The average Bonchev–Trinajstić information content (AvgIpc) is 3.35. The Labute approximate surface area is 162 Å². The largest absolute Gasteiger partial charge is 0.486 e. The summed E-state index contributed by atoms with van der Waals surface area (Å²) in [5.41, 5.74) is 1.68. The van der Waals surface area contributed by atoms with Gasteiger partial charge in [-0.15, -0.1) is 0 Å². The van der Waals surface area contributed by atoms with Crippen LogP contribution in [0.25, 0.3) is 5.76 Å². The second kappa shape index (κ2) is 7.17. The molecule has 7 heteroatoms. The Morgan fingerprint density at radius 2 is 2.12 bits per heavy atom. The first-order valence-corrected chi connectivity index (χ1v) is 9.33. The van der Waals surface area contributed by atoms with Gasteiger partial charge in [-0.2, -0.15) is 0 Å². The highest BCUT2D eigenvalue weighted by Crippen LogP contribution is 2.35. The highest BCUT2D eigenvalue weighted by atomic mass is 32.2. The fourth-order valence-corrected chi connectivity index (χ4v) is 4.08. The fourth-order valence-electron chi connectivity index (χ4n) is 2.80. The number of thiocarbonyl (C=S) groups is 1. The van der Waals surface area contributed by atoms with Gasteiger partial charge in [0.1, 0.15) is 29.8 Å². The minimum atomic E-state index is -0.180. The summed E-state index contributed by atoms with van der Waals surface area (Å²) in [6, 6.07) is 11.1. The van der Waals surface area contributed by atoms with Crippen molar-refractivity contribution < 1.29 is 13.9 Å². The molecule has 1 atom stereocenters. The van der Waals surface area contributed by atoms with Gasteiger partial charge in [0.2, 0.25) is 0 Å². The zero-order chi connectivity index (χ0) is 18.1. The van der Waals surface area contributed by atoms with Crippen molar-refractivity contribution in [2.45, 2.75) is 19.1 Å². The van der Waals surface area contributed by atoms with Crippen molar-refractivity contribution in [1.29, 1.82) is 0 Å². The molecule has 26 heavy (non-hydrogen) atoms. The van der Waals surface area contributed by atoms with Crippen LogP contribution in [0.5, 0.6) is 0 Å². The molecule has 128 valence electrons. The first-order chi connectivity index (χ1) is 12.6. The number of hydrogen-bond acceptors (Lipinski definition) is 5. The molecular weight excluding hydrogens is 365 g/mol. The number of thioether (sulfide) groups is 1. The summed E-state index contributed by atoms with van der Waals surface area (Å²) >= 11 is 6.64. The first kappa shape index (κ1) is 17.2. The van der Waals surface area contributed by atoms with E-state index in [2.05, 4.69) is 0 Å². The molecule has 2 aliphatic heterocycles. The minimum Gasteiger partial charge on any atom is -0.486 e. The molecule has 1 saturated heterocycles. The van der Waals surface area contributed by atoms with Crippen molar-refractivity contribution in [2.24, 2.45) is 0 Å². The van der Waals surface area contributed by atoms with Crippen LogP contribution in [0.2, 0.25) is 0 Å². The summed E-state index contributed by atoms with van der Waals surface area (Å²) < 4.78 is 11.8. The van der Waals surface area contributed by atoms with E-state index in [0.29, 0.717) is 33.4 Å². The molecule has 2 aromatic rings. The Bertz CT molecular complexity index is 903. The van der Waals surface area contributed by atoms with Crippen molar-refractivity contribution in [3.8, 4) is 0 Å². The molecule has 0 N–H and O–H groups in total. The fraction of sp³-hybridized carbons (Fsp3) is 0.158. The lowest BCUT2D eigenvalue weighted by Gasteiger charge is -2.12. The maximum atomic E-state index is 12.6. The van der Waals surface area contributed by atoms with E-state index in [0.717, 1.165) is 11.3 Å². The van der Waals surface area contributed by atoms with Crippen LogP contribution in [-0.2, 0) is 16.1 Å². The van der Waals surface area contributed by atoms with Gasteiger partial charge >= 0.3 is 0 Å². The molecule has 4 nitrogen and oxygen atoms in total. The highest BCUT2D eigenvalue weighted by Gasteiger charge is 2.34. The maximum absolute atomic E-state index is 12.6. The molecule has 0 spiro atoms.